The zero-order valence-corrected chi connectivity index (χ0v) is 13.8. The first-order chi connectivity index (χ1) is 11.1. The third kappa shape index (κ3) is 2.59. The van der Waals surface area contributed by atoms with Gasteiger partial charge in [-0.1, -0.05) is 0 Å². The van der Waals surface area contributed by atoms with Crippen molar-refractivity contribution in [2.45, 2.75) is 50.7 Å². The topological polar surface area (TPSA) is 56.8 Å². The molecule has 0 aromatic carbocycles. The molecule has 2 aliphatic rings. The summed E-state index contributed by atoms with van der Waals surface area (Å²) >= 11 is 0. The third-order valence-electron chi connectivity index (χ3n) is 5.41. The van der Waals surface area contributed by atoms with Gasteiger partial charge in [-0.15, -0.1) is 0 Å². The van der Waals surface area contributed by atoms with Crippen LogP contribution in [0.25, 0.3) is 11.0 Å². The van der Waals surface area contributed by atoms with Crippen LogP contribution in [0.2, 0.25) is 0 Å². The van der Waals surface area contributed by atoms with Crippen LogP contribution in [0.5, 0.6) is 0 Å². The zero-order chi connectivity index (χ0) is 16.0. The van der Waals surface area contributed by atoms with Gasteiger partial charge in [0.1, 0.15) is 23.5 Å². The van der Waals surface area contributed by atoms with E-state index in [0.717, 1.165) is 60.5 Å². The Morgan fingerprint density at radius 3 is 2.87 bits per heavy atom. The number of hydrogen-bond donors (Lipinski definition) is 2. The molecule has 4 rings (SSSR count). The van der Waals surface area contributed by atoms with E-state index in [9.17, 15) is 4.39 Å². The predicted molar refractivity (Wildman–Crippen MR) is 89.7 cm³/mol. The second-order valence-electron chi connectivity index (χ2n) is 7.14. The number of nitrogens with zero attached hydrogens (tertiary/aromatic N) is 3. The van der Waals surface area contributed by atoms with Crippen molar-refractivity contribution in [1.82, 2.24) is 20.3 Å². The first-order valence-electron chi connectivity index (χ1n) is 8.53. The van der Waals surface area contributed by atoms with Crippen LogP contribution >= 0.6 is 0 Å². The normalized spacial score (nSPS) is 25.8. The molecule has 1 saturated heterocycles. The van der Waals surface area contributed by atoms with Crippen LogP contribution in [0.4, 0.5) is 10.2 Å². The Morgan fingerprint density at radius 1 is 1.35 bits per heavy atom. The predicted octanol–water partition coefficient (Wildman–Crippen LogP) is 2.36. The van der Waals surface area contributed by atoms with Gasteiger partial charge in [0.15, 0.2) is 0 Å². The largest absolute Gasteiger partial charge is 0.356 e. The number of fused-ring (bicyclic) bond motifs is 3. The molecular formula is C17H24FN5. The number of hydrogen-bond acceptors (Lipinski definition) is 4. The highest BCUT2D eigenvalue weighted by molar-refractivity contribution is 5.92. The van der Waals surface area contributed by atoms with E-state index in [1.54, 1.807) is 13.3 Å². The molecule has 0 bridgehead atoms. The highest BCUT2D eigenvalue weighted by Crippen LogP contribution is 2.38. The van der Waals surface area contributed by atoms with Gasteiger partial charge < -0.3 is 15.2 Å². The first-order valence-corrected chi connectivity index (χ1v) is 8.53. The van der Waals surface area contributed by atoms with E-state index in [1.807, 2.05) is 7.05 Å². The van der Waals surface area contributed by atoms with Gasteiger partial charge >= 0.3 is 0 Å². The Morgan fingerprint density at radius 2 is 2.13 bits per heavy atom. The van der Waals surface area contributed by atoms with Crippen LogP contribution < -0.4 is 10.2 Å². The van der Waals surface area contributed by atoms with Gasteiger partial charge in [0.05, 0.1) is 5.39 Å². The van der Waals surface area contributed by atoms with Crippen molar-refractivity contribution in [2.75, 3.05) is 25.0 Å². The van der Waals surface area contributed by atoms with E-state index in [0.29, 0.717) is 18.9 Å². The number of anilines is 1. The summed E-state index contributed by atoms with van der Waals surface area (Å²) in [6, 6.07) is 0.581. The number of aromatic amines is 1. The molecule has 1 atom stereocenters. The maximum absolute atomic E-state index is 14.5. The first kappa shape index (κ1) is 14.9. The molecule has 2 N–H and O–H groups in total. The lowest BCUT2D eigenvalue weighted by Gasteiger charge is -2.33. The molecule has 1 aliphatic carbocycles. The second kappa shape index (κ2) is 5.44. The van der Waals surface area contributed by atoms with E-state index >= 15 is 0 Å². The van der Waals surface area contributed by atoms with Crippen molar-refractivity contribution in [3.8, 4) is 0 Å². The lowest BCUT2D eigenvalue weighted by Crippen LogP contribution is -2.41. The molecule has 2 aromatic rings. The lowest BCUT2D eigenvalue weighted by molar-refractivity contribution is 0.166. The molecule has 1 aliphatic heterocycles. The number of halogens is 1. The van der Waals surface area contributed by atoms with Crippen LogP contribution in [0.3, 0.4) is 0 Å². The number of aryl methyl sites for hydroxylation is 1. The van der Waals surface area contributed by atoms with E-state index in [4.69, 9.17) is 0 Å². The number of piperidine rings is 1. The van der Waals surface area contributed by atoms with Gasteiger partial charge in [0.2, 0.25) is 0 Å². The van der Waals surface area contributed by atoms with Crippen LogP contribution in [-0.2, 0) is 12.8 Å². The average molecular weight is 317 g/mol. The van der Waals surface area contributed by atoms with Crippen LogP contribution in [0.1, 0.15) is 37.4 Å². The standard InChI is InChI=1S/C17H24FN5/c1-17(18)6-3-13-12(9-17)14-15(22-13)20-10-21-16(14)23-7-4-11(19-2)5-8-23/h10-11,19H,3-9H2,1-2H3,(H,20,21,22). The Kier molecular flexibility index (Phi) is 3.52. The molecular weight excluding hydrogens is 293 g/mol. The third-order valence-corrected chi connectivity index (χ3v) is 5.41. The van der Waals surface area contributed by atoms with Gasteiger partial charge in [-0.25, -0.2) is 14.4 Å². The summed E-state index contributed by atoms with van der Waals surface area (Å²) in [6.45, 7) is 3.66. The zero-order valence-electron chi connectivity index (χ0n) is 13.8. The molecule has 0 saturated carbocycles. The summed E-state index contributed by atoms with van der Waals surface area (Å²) < 4.78 is 14.5. The molecule has 23 heavy (non-hydrogen) atoms. The molecule has 6 heteroatoms. The fourth-order valence-corrected chi connectivity index (χ4v) is 3.99. The Labute approximate surface area is 135 Å². The monoisotopic (exact) mass is 317 g/mol. The summed E-state index contributed by atoms with van der Waals surface area (Å²) in [7, 11) is 2.02. The summed E-state index contributed by atoms with van der Waals surface area (Å²) in [4.78, 5) is 14.7. The van der Waals surface area contributed by atoms with Gasteiger partial charge in [-0.3, -0.25) is 0 Å². The minimum Gasteiger partial charge on any atom is -0.356 e. The lowest BCUT2D eigenvalue weighted by atomic mass is 9.85. The smallest absolute Gasteiger partial charge is 0.143 e. The SMILES string of the molecule is CNC1CCN(c2ncnc3[nH]c4c(c23)CC(C)(F)CC4)CC1. The van der Waals surface area contributed by atoms with Crippen molar-refractivity contribution in [2.24, 2.45) is 0 Å². The molecule has 1 fully saturated rings. The van der Waals surface area contributed by atoms with Crippen LogP contribution in [0, 0.1) is 0 Å². The number of alkyl halides is 1. The number of H-pyrrole nitrogens is 1. The van der Waals surface area contributed by atoms with Crippen molar-refractivity contribution in [3.63, 3.8) is 0 Å². The molecule has 0 amide bonds. The second-order valence-corrected chi connectivity index (χ2v) is 7.14. The summed E-state index contributed by atoms with van der Waals surface area (Å²) in [6.07, 6.45) is 5.61. The Bertz CT molecular complexity index is 715. The molecule has 0 radical (unpaired) electrons. The fraction of sp³-hybridized carbons (Fsp3) is 0.647. The Hall–Kier alpha value is -1.69. The molecule has 5 nitrogen and oxygen atoms in total. The summed E-state index contributed by atoms with van der Waals surface area (Å²) in [5, 5.41) is 4.39. The number of rotatable bonds is 2. The minimum atomic E-state index is -1.13. The van der Waals surface area contributed by atoms with E-state index in [-0.39, 0.29) is 0 Å². The minimum absolute atomic E-state index is 0.454. The highest BCUT2D eigenvalue weighted by atomic mass is 19.1. The molecule has 0 spiro atoms. The molecule has 3 heterocycles. The van der Waals surface area contributed by atoms with Crippen LogP contribution in [0.15, 0.2) is 6.33 Å². The van der Waals surface area contributed by atoms with E-state index in [1.165, 1.54) is 0 Å². The quantitative estimate of drug-likeness (QED) is 0.893. The van der Waals surface area contributed by atoms with Crippen molar-refractivity contribution >= 4 is 16.9 Å². The van der Waals surface area contributed by atoms with Gasteiger partial charge in [-0.05, 0) is 45.2 Å². The number of nitrogens with one attached hydrogen (secondary N) is 2. The van der Waals surface area contributed by atoms with Gasteiger partial charge in [-0.2, -0.15) is 0 Å². The molecule has 1 unspecified atom stereocenters. The van der Waals surface area contributed by atoms with Crippen molar-refractivity contribution < 1.29 is 4.39 Å². The molecule has 2 aromatic heterocycles. The fourth-order valence-electron chi connectivity index (χ4n) is 3.99. The Balaban J connectivity index is 1.75. The summed E-state index contributed by atoms with van der Waals surface area (Å²) in [5.41, 5.74) is 1.95. The van der Waals surface area contributed by atoms with Crippen molar-refractivity contribution in [1.29, 1.82) is 0 Å². The number of aromatic nitrogens is 3. The van der Waals surface area contributed by atoms with E-state index in [2.05, 4.69) is 25.2 Å². The average Bonchev–Trinajstić information content (AvgIpc) is 2.92. The van der Waals surface area contributed by atoms with E-state index < -0.39 is 5.67 Å². The van der Waals surface area contributed by atoms with Crippen molar-refractivity contribution in [3.05, 3.63) is 17.6 Å². The molecule has 124 valence electrons. The highest BCUT2D eigenvalue weighted by Gasteiger charge is 2.33. The van der Waals surface area contributed by atoms with Gasteiger partial charge in [0, 0.05) is 31.2 Å². The van der Waals surface area contributed by atoms with Gasteiger partial charge in [0.25, 0.3) is 0 Å². The van der Waals surface area contributed by atoms with Crippen LogP contribution in [-0.4, -0.2) is 46.8 Å². The maximum atomic E-state index is 14.5. The summed E-state index contributed by atoms with van der Waals surface area (Å²) in [5.74, 6) is 0.972. The maximum Gasteiger partial charge on any atom is 0.143 e.